The van der Waals surface area contributed by atoms with Crippen molar-refractivity contribution in [1.82, 2.24) is 10.2 Å². The van der Waals surface area contributed by atoms with E-state index in [0.29, 0.717) is 6.10 Å². The molecule has 18 heavy (non-hydrogen) atoms. The normalized spacial score (nSPS) is 19.3. The molecule has 1 aliphatic rings. The van der Waals surface area contributed by atoms with E-state index < -0.39 is 0 Å². The van der Waals surface area contributed by atoms with E-state index in [2.05, 4.69) is 29.1 Å². The highest BCUT2D eigenvalue weighted by molar-refractivity contribution is 5.33. The summed E-state index contributed by atoms with van der Waals surface area (Å²) in [4.78, 5) is 2.20. The van der Waals surface area contributed by atoms with Crippen molar-refractivity contribution in [2.24, 2.45) is 0 Å². The highest BCUT2D eigenvalue weighted by Crippen LogP contribution is 1.98. The summed E-state index contributed by atoms with van der Waals surface area (Å²) in [5.41, 5.74) is 1.07. The van der Waals surface area contributed by atoms with Gasteiger partial charge in [0.2, 0.25) is 0 Å². The second-order valence-corrected chi connectivity index (χ2v) is 4.56. The van der Waals surface area contributed by atoms with Crippen molar-refractivity contribution in [3.8, 4) is 11.8 Å². The van der Waals surface area contributed by atoms with Gasteiger partial charge in [0.1, 0.15) is 0 Å². The molecule has 0 saturated carbocycles. The Hall–Kier alpha value is -1.34. The van der Waals surface area contributed by atoms with E-state index in [4.69, 9.17) is 4.74 Å². The topological polar surface area (TPSA) is 24.5 Å². The molecule has 0 aliphatic carbocycles. The Morgan fingerprint density at radius 1 is 1.39 bits per heavy atom. The maximum absolute atomic E-state index is 5.66. The van der Waals surface area contributed by atoms with Crippen molar-refractivity contribution in [2.45, 2.75) is 6.10 Å². The van der Waals surface area contributed by atoms with Gasteiger partial charge in [0.25, 0.3) is 0 Å². The lowest BCUT2D eigenvalue weighted by molar-refractivity contribution is 0.0121. The molecule has 3 nitrogen and oxygen atoms in total. The lowest BCUT2D eigenvalue weighted by atomic mass is 10.2. The maximum Gasteiger partial charge on any atom is 0.0826 e. The molecule has 3 heteroatoms. The van der Waals surface area contributed by atoms with E-state index in [-0.39, 0.29) is 0 Å². The number of rotatable bonds is 3. The number of nitrogens with zero attached hydrogens (tertiary/aromatic N) is 1. The van der Waals surface area contributed by atoms with Crippen LogP contribution in [0, 0.1) is 11.8 Å². The van der Waals surface area contributed by atoms with Gasteiger partial charge in [-0.05, 0) is 19.2 Å². The van der Waals surface area contributed by atoms with Gasteiger partial charge in [-0.1, -0.05) is 30.0 Å². The highest BCUT2D eigenvalue weighted by atomic mass is 16.5. The summed E-state index contributed by atoms with van der Waals surface area (Å²) in [5, 5.41) is 3.33. The predicted molar refractivity (Wildman–Crippen MR) is 73.4 cm³/mol. The van der Waals surface area contributed by atoms with Gasteiger partial charge in [-0.3, -0.25) is 4.90 Å². The Balaban J connectivity index is 1.74. The van der Waals surface area contributed by atoms with Crippen LogP contribution in [-0.4, -0.2) is 50.8 Å². The first-order chi connectivity index (χ1) is 8.84. The zero-order chi connectivity index (χ0) is 12.6. The average Bonchev–Trinajstić information content (AvgIpc) is 2.41. The molecular weight excluding hydrogens is 224 g/mol. The molecule has 1 N–H and O–H groups in total. The first kappa shape index (κ1) is 13.1. The minimum absolute atomic E-state index is 0.294. The Bertz CT molecular complexity index is 401. The van der Waals surface area contributed by atoms with Crippen LogP contribution in [0.4, 0.5) is 0 Å². The lowest BCUT2D eigenvalue weighted by Gasteiger charge is -2.27. The van der Waals surface area contributed by atoms with E-state index in [1.165, 1.54) is 0 Å². The van der Waals surface area contributed by atoms with Gasteiger partial charge < -0.3 is 10.1 Å². The monoisotopic (exact) mass is 244 g/mol. The van der Waals surface area contributed by atoms with E-state index >= 15 is 0 Å². The van der Waals surface area contributed by atoms with Crippen LogP contribution >= 0.6 is 0 Å². The van der Waals surface area contributed by atoms with E-state index in [1.54, 1.807) is 0 Å². The molecule has 0 bridgehead atoms. The van der Waals surface area contributed by atoms with Crippen molar-refractivity contribution >= 4 is 0 Å². The summed E-state index contributed by atoms with van der Waals surface area (Å²) in [6.07, 6.45) is 0.294. The molecule has 2 rings (SSSR count). The first-order valence-electron chi connectivity index (χ1n) is 6.39. The van der Waals surface area contributed by atoms with Crippen LogP contribution in [0.1, 0.15) is 5.56 Å². The minimum atomic E-state index is 0.294. The number of nitrogens with one attached hydrogen (secondary N) is 1. The van der Waals surface area contributed by atoms with Crippen molar-refractivity contribution < 1.29 is 4.74 Å². The molecule has 1 unspecified atom stereocenters. The highest BCUT2D eigenvalue weighted by Gasteiger charge is 2.14. The van der Waals surface area contributed by atoms with Gasteiger partial charge in [0.15, 0.2) is 0 Å². The van der Waals surface area contributed by atoms with Gasteiger partial charge in [-0.2, -0.15) is 0 Å². The van der Waals surface area contributed by atoms with Crippen LogP contribution in [0.5, 0.6) is 0 Å². The maximum atomic E-state index is 5.66. The predicted octanol–water partition coefficient (Wildman–Crippen LogP) is 0.958. The number of likely N-dealkylation sites (N-methyl/N-ethyl adjacent to an activating group) is 1. The van der Waals surface area contributed by atoms with Crippen LogP contribution < -0.4 is 5.32 Å². The van der Waals surface area contributed by atoms with Crippen molar-refractivity contribution in [2.75, 3.05) is 39.8 Å². The average molecular weight is 244 g/mol. The van der Waals surface area contributed by atoms with E-state index in [1.807, 2.05) is 30.3 Å². The molecule has 0 spiro atoms. The Morgan fingerprint density at radius 2 is 2.22 bits per heavy atom. The molecule has 1 saturated heterocycles. The summed E-state index contributed by atoms with van der Waals surface area (Å²) >= 11 is 0. The molecule has 1 aromatic carbocycles. The molecular formula is C15H20N2O. The summed E-state index contributed by atoms with van der Waals surface area (Å²) in [6.45, 7) is 4.42. The standard InChI is InChI=1S/C15H20N2O/c1-17(13-15-12-16-9-11-18-15)10-5-8-14-6-3-2-4-7-14/h2-4,6-7,15-16H,9-13H2,1H3. The molecule has 0 radical (unpaired) electrons. The SMILES string of the molecule is CN(CC#Cc1ccccc1)CC1CNCCO1. The van der Waals surface area contributed by atoms with Crippen LogP contribution in [0.2, 0.25) is 0 Å². The van der Waals surface area contributed by atoms with Gasteiger partial charge in [0, 0.05) is 25.2 Å². The number of hydrogen-bond donors (Lipinski definition) is 1. The van der Waals surface area contributed by atoms with Crippen LogP contribution in [0.3, 0.4) is 0 Å². The molecule has 96 valence electrons. The molecule has 1 fully saturated rings. The summed E-state index contributed by atoms with van der Waals surface area (Å²) in [5.74, 6) is 6.36. The number of benzene rings is 1. The van der Waals surface area contributed by atoms with Gasteiger partial charge in [-0.25, -0.2) is 0 Å². The van der Waals surface area contributed by atoms with Gasteiger partial charge >= 0.3 is 0 Å². The number of morpholine rings is 1. The first-order valence-corrected chi connectivity index (χ1v) is 6.39. The van der Waals surface area contributed by atoms with Crippen LogP contribution in [0.25, 0.3) is 0 Å². The van der Waals surface area contributed by atoms with Gasteiger partial charge in [0.05, 0.1) is 19.3 Å². The third-order valence-electron chi connectivity index (χ3n) is 2.88. The zero-order valence-electron chi connectivity index (χ0n) is 10.9. The Kier molecular flexibility index (Phi) is 5.22. The van der Waals surface area contributed by atoms with Crippen molar-refractivity contribution in [3.63, 3.8) is 0 Å². The Morgan fingerprint density at radius 3 is 2.94 bits per heavy atom. The van der Waals surface area contributed by atoms with Crippen LogP contribution in [0.15, 0.2) is 30.3 Å². The number of hydrogen-bond acceptors (Lipinski definition) is 3. The fourth-order valence-electron chi connectivity index (χ4n) is 1.95. The Labute approximate surface area is 109 Å². The quantitative estimate of drug-likeness (QED) is 0.802. The fourth-order valence-corrected chi connectivity index (χ4v) is 1.95. The van der Waals surface area contributed by atoms with Gasteiger partial charge in [-0.15, -0.1) is 0 Å². The molecule has 0 aromatic heterocycles. The third kappa shape index (κ3) is 4.50. The fraction of sp³-hybridized carbons (Fsp3) is 0.467. The summed E-state index contributed by atoms with van der Waals surface area (Å²) in [6, 6.07) is 10.1. The molecule has 1 aliphatic heterocycles. The second-order valence-electron chi connectivity index (χ2n) is 4.56. The van der Waals surface area contributed by atoms with E-state index in [9.17, 15) is 0 Å². The van der Waals surface area contributed by atoms with Crippen molar-refractivity contribution in [1.29, 1.82) is 0 Å². The largest absolute Gasteiger partial charge is 0.374 e. The molecule has 1 heterocycles. The van der Waals surface area contributed by atoms with Crippen molar-refractivity contribution in [3.05, 3.63) is 35.9 Å². The third-order valence-corrected chi connectivity index (χ3v) is 2.88. The van der Waals surface area contributed by atoms with E-state index in [0.717, 1.165) is 38.3 Å². The minimum Gasteiger partial charge on any atom is -0.374 e. The summed E-state index contributed by atoms with van der Waals surface area (Å²) in [7, 11) is 2.08. The molecule has 0 amide bonds. The molecule has 1 aromatic rings. The summed E-state index contributed by atoms with van der Waals surface area (Å²) < 4.78 is 5.66. The smallest absolute Gasteiger partial charge is 0.0826 e. The lowest BCUT2D eigenvalue weighted by Crippen LogP contribution is -2.44. The number of ether oxygens (including phenoxy) is 1. The van der Waals surface area contributed by atoms with Crippen LogP contribution in [-0.2, 0) is 4.74 Å². The molecule has 1 atom stereocenters. The second kappa shape index (κ2) is 7.17. The zero-order valence-corrected chi connectivity index (χ0v) is 10.9.